The summed E-state index contributed by atoms with van der Waals surface area (Å²) < 4.78 is 20.7. The van der Waals surface area contributed by atoms with E-state index in [0.29, 0.717) is 17.9 Å². The first-order valence-electron chi connectivity index (χ1n) is 8.17. The summed E-state index contributed by atoms with van der Waals surface area (Å²) in [7, 11) is 1.52. The van der Waals surface area contributed by atoms with E-state index in [1.54, 1.807) is 18.2 Å². The Morgan fingerprint density at radius 3 is 2.35 bits per heavy atom. The van der Waals surface area contributed by atoms with Crippen molar-refractivity contribution in [1.82, 2.24) is 0 Å². The van der Waals surface area contributed by atoms with Gasteiger partial charge in [-0.15, -0.1) is 0 Å². The molecule has 0 aliphatic heterocycles. The van der Waals surface area contributed by atoms with Crippen LogP contribution in [0.2, 0.25) is 0 Å². The van der Waals surface area contributed by atoms with E-state index in [9.17, 15) is 9.59 Å². The van der Waals surface area contributed by atoms with E-state index < -0.39 is 11.9 Å². The molecule has 0 saturated carbocycles. The molecule has 2 aromatic carbocycles. The second-order valence-corrected chi connectivity index (χ2v) is 5.64. The first-order valence-corrected chi connectivity index (χ1v) is 8.17. The average Bonchev–Trinajstić information content (AvgIpc) is 2.61. The zero-order valence-corrected chi connectivity index (χ0v) is 15.1. The minimum absolute atomic E-state index is 0.156. The number of hydrogen-bond donors (Lipinski definition) is 0. The number of carbonyl (C=O) groups excluding carboxylic acids is 2. The highest BCUT2D eigenvalue weighted by molar-refractivity contribution is 5.90. The smallest absolute Gasteiger partial charge is 0.349 e. The molecule has 0 radical (unpaired) electrons. The molecule has 26 heavy (non-hydrogen) atoms. The monoisotopic (exact) mass is 358 g/mol. The van der Waals surface area contributed by atoms with E-state index in [1.165, 1.54) is 13.2 Å². The van der Waals surface area contributed by atoms with E-state index in [-0.39, 0.29) is 19.0 Å². The van der Waals surface area contributed by atoms with Crippen LogP contribution in [0, 0.1) is 13.8 Å². The number of carbonyl (C=O) groups is 2. The molecule has 6 nitrogen and oxygen atoms in total. The van der Waals surface area contributed by atoms with Crippen molar-refractivity contribution >= 4 is 11.9 Å². The molecule has 2 rings (SSSR count). The van der Waals surface area contributed by atoms with Gasteiger partial charge < -0.3 is 18.9 Å². The highest BCUT2D eigenvalue weighted by atomic mass is 16.6. The molecule has 0 N–H and O–H groups in total. The quantitative estimate of drug-likeness (QED) is 0.410. The van der Waals surface area contributed by atoms with Crippen molar-refractivity contribution < 1.29 is 28.5 Å². The zero-order chi connectivity index (χ0) is 18.9. The summed E-state index contributed by atoms with van der Waals surface area (Å²) in [5.74, 6) is -0.148. The number of benzene rings is 2. The normalized spacial score (nSPS) is 10.3. The third kappa shape index (κ3) is 5.60. The van der Waals surface area contributed by atoms with E-state index in [1.807, 2.05) is 32.0 Å². The van der Waals surface area contributed by atoms with Crippen molar-refractivity contribution in [1.29, 1.82) is 0 Å². The van der Waals surface area contributed by atoms with Gasteiger partial charge in [0, 0.05) is 7.11 Å². The van der Waals surface area contributed by atoms with Gasteiger partial charge in [-0.1, -0.05) is 24.3 Å². The lowest BCUT2D eigenvalue weighted by Gasteiger charge is -2.11. The van der Waals surface area contributed by atoms with Crippen LogP contribution in [0.1, 0.15) is 21.5 Å². The number of methoxy groups -OCH3 is 1. The van der Waals surface area contributed by atoms with Crippen molar-refractivity contribution in [3.05, 3.63) is 59.2 Å². The molecule has 0 unspecified atom stereocenters. The Balaban J connectivity index is 1.92. The Bertz CT molecular complexity index is 748. The van der Waals surface area contributed by atoms with Gasteiger partial charge in [0.25, 0.3) is 0 Å². The second kappa shape index (κ2) is 9.58. The van der Waals surface area contributed by atoms with Gasteiger partial charge in [0.15, 0.2) is 6.61 Å². The van der Waals surface area contributed by atoms with Gasteiger partial charge in [-0.25, -0.2) is 9.59 Å². The van der Waals surface area contributed by atoms with Gasteiger partial charge in [-0.05, 0) is 43.2 Å². The fourth-order valence-electron chi connectivity index (χ4n) is 2.31. The van der Waals surface area contributed by atoms with Gasteiger partial charge in [-0.3, -0.25) is 0 Å². The number of ether oxygens (including phenoxy) is 4. The van der Waals surface area contributed by atoms with Crippen molar-refractivity contribution in [2.45, 2.75) is 13.8 Å². The van der Waals surface area contributed by atoms with Gasteiger partial charge in [0.1, 0.15) is 18.1 Å². The van der Waals surface area contributed by atoms with E-state index >= 15 is 0 Å². The fraction of sp³-hybridized carbons (Fsp3) is 0.300. The maximum absolute atomic E-state index is 12.0. The van der Waals surface area contributed by atoms with E-state index in [0.717, 1.165) is 11.1 Å². The number of rotatable bonds is 8. The Morgan fingerprint density at radius 1 is 0.962 bits per heavy atom. The Hall–Kier alpha value is -2.86. The largest absolute Gasteiger partial charge is 0.481 e. The maximum Gasteiger partial charge on any atom is 0.349 e. The van der Waals surface area contributed by atoms with Gasteiger partial charge in [-0.2, -0.15) is 0 Å². The minimum atomic E-state index is -0.558. The predicted molar refractivity (Wildman–Crippen MR) is 95.6 cm³/mol. The first-order chi connectivity index (χ1) is 12.5. The van der Waals surface area contributed by atoms with Gasteiger partial charge >= 0.3 is 11.9 Å². The number of para-hydroxylation sites is 1. The Labute approximate surface area is 152 Å². The number of aryl methyl sites for hydroxylation is 2. The molecule has 0 bridgehead atoms. The molecule has 0 fully saturated rings. The number of esters is 2. The van der Waals surface area contributed by atoms with Gasteiger partial charge in [0.05, 0.1) is 12.2 Å². The molecule has 0 spiro atoms. The summed E-state index contributed by atoms with van der Waals surface area (Å²) in [4.78, 5) is 23.9. The highest BCUT2D eigenvalue weighted by Gasteiger charge is 2.12. The van der Waals surface area contributed by atoms with Crippen LogP contribution in [-0.4, -0.2) is 38.9 Å². The lowest BCUT2D eigenvalue weighted by Crippen LogP contribution is -2.18. The number of hydrogen-bond acceptors (Lipinski definition) is 6. The standard InChI is InChI=1S/C20H22O6/c1-14-6-4-7-15(2)19(14)25-13-18(21)26-17-9-5-8-16(12-17)20(22)24-11-10-23-3/h4-9,12H,10-11,13H2,1-3H3. The molecule has 0 heterocycles. The lowest BCUT2D eigenvalue weighted by atomic mass is 10.1. The van der Waals surface area contributed by atoms with Crippen LogP contribution in [0.5, 0.6) is 11.5 Å². The van der Waals surface area contributed by atoms with Crippen molar-refractivity contribution in [2.24, 2.45) is 0 Å². The molecule has 0 atom stereocenters. The fourth-order valence-corrected chi connectivity index (χ4v) is 2.31. The zero-order valence-electron chi connectivity index (χ0n) is 15.1. The van der Waals surface area contributed by atoms with E-state index in [2.05, 4.69) is 0 Å². The Kier molecular flexibility index (Phi) is 7.17. The average molecular weight is 358 g/mol. The molecule has 0 saturated heterocycles. The summed E-state index contributed by atoms with van der Waals surface area (Å²) in [6.45, 7) is 4.06. The third-order valence-corrected chi connectivity index (χ3v) is 3.57. The van der Waals surface area contributed by atoms with Crippen molar-refractivity contribution in [3.63, 3.8) is 0 Å². The van der Waals surface area contributed by atoms with Crippen molar-refractivity contribution in [3.8, 4) is 11.5 Å². The van der Waals surface area contributed by atoms with Crippen LogP contribution < -0.4 is 9.47 Å². The van der Waals surface area contributed by atoms with Crippen LogP contribution in [0.4, 0.5) is 0 Å². The summed E-state index contributed by atoms with van der Waals surface area (Å²) in [5.41, 5.74) is 2.18. The molecule has 138 valence electrons. The maximum atomic E-state index is 12.0. The molecular weight excluding hydrogens is 336 g/mol. The summed E-state index contributed by atoms with van der Waals surface area (Å²) >= 11 is 0. The molecule has 6 heteroatoms. The van der Waals surface area contributed by atoms with Crippen LogP contribution in [-0.2, 0) is 14.3 Å². The summed E-state index contributed by atoms with van der Waals surface area (Å²) in [6, 6.07) is 12.0. The molecule has 2 aromatic rings. The summed E-state index contributed by atoms with van der Waals surface area (Å²) in [5, 5.41) is 0. The molecule has 0 amide bonds. The first kappa shape index (κ1) is 19.5. The van der Waals surface area contributed by atoms with Gasteiger partial charge in [0.2, 0.25) is 0 Å². The molecule has 0 aliphatic rings. The summed E-state index contributed by atoms with van der Waals surface area (Å²) in [6.07, 6.45) is 0. The molecule has 0 aliphatic carbocycles. The van der Waals surface area contributed by atoms with Crippen LogP contribution in [0.25, 0.3) is 0 Å². The van der Waals surface area contributed by atoms with E-state index in [4.69, 9.17) is 18.9 Å². The van der Waals surface area contributed by atoms with Crippen molar-refractivity contribution in [2.75, 3.05) is 26.9 Å². The highest BCUT2D eigenvalue weighted by Crippen LogP contribution is 2.22. The van der Waals surface area contributed by atoms with Crippen LogP contribution in [0.15, 0.2) is 42.5 Å². The Morgan fingerprint density at radius 2 is 1.65 bits per heavy atom. The van der Waals surface area contributed by atoms with Crippen LogP contribution in [0.3, 0.4) is 0 Å². The molecule has 0 aromatic heterocycles. The minimum Gasteiger partial charge on any atom is -0.481 e. The predicted octanol–water partition coefficient (Wildman–Crippen LogP) is 3.09. The SMILES string of the molecule is COCCOC(=O)c1cccc(OC(=O)COc2c(C)cccc2C)c1. The molecular formula is C20H22O6. The third-order valence-electron chi connectivity index (χ3n) is 3.57. The lowest BCUT2D eigenvalue weighted by molar-refractivity contribution is -0.136. The second-order valence-electron chi connectivity index (χ2n) is 5.64. The van der Waals surface area contributed by atoms with Crippen LogP contribution >= 0.6 is 0 Å². The topological polar surface area (TPSA) is 71.1 Å².